The highest BCUT2D eigenvalue weighted by molar-refractivity contribution is 5.42. The lowest BCUT2D eigenvalue weighted by atomic mass is 10.0. The average molecular weight is 236 g/mol. The van der Waals surface area contributed by atoms with Crippen LogP contribution in [-0.4, -0.2) is 29.1 Å². The molecule has 0 saturated heterocycles. The molecule has 0 aliphatic heterocycles. The van der Waals surface area contributed by atoms with E-state index in [9.17, 15) is 0 Å². The fourth-order valence-electron chi connectivity index (χ4n) is 1.45. The molecule has 0 saturated carbocycles. The zero-order valence-electron chi connectivity index (χ0n) is 11.8. The number of aryl methyl sites for hydroxylation is 1. The molecule has 1 heterocycles. The maximum Gasteiger partial charge on any atom is 0.133 e. The van der Waals surface area contributed by atoms with Crippen LogP contribution in [0.1, 0.15) is 45.1 Å². The maximum atomic E-state index is 5.80. The molecule has 1 aromatic rings. The molecule has 0 radical (unpaired) electrons. The van der Waals surface area contributed by atoms with Crippen LogP contribution in [0.2, 0.25) is 0 Å². The van der Waals surface area contributed by atoms with Crippen LogP contribution in [0.4, 0.5) is 5.82 Å². The lowest BCUT2D eigenvalue weighted by Gasteiger charge is -2.35. The SMILES string of the molecule is Cc1cc(N(C)C(C)(C)CN)nc(C(C)C)n1. The first kappa shape index (κ1) is 13.9. The maximum absolute atomic E-state index is 5.80. The Kier molecular flexibility index (Phi) is 4.09. The molecule has 1 rings (SSSR count). The Labute approximate surface area is 104 Å². The molecule has 0 atom stereocenters. The Morgan fingerprint density at radius 3 is 2.41 bits per heavy atom. The van der Waals surface area contributed by atoms with E-state index in [4.69, 9.17) is 5.73 Å². The molecular weight excluding hydrogens is 212 g/mol. The van der Waals surface area contributed by atoms with Crippen molar-refractivity contribution in [2.24, 2.45) is 5.73 Å². The second kappa shape index (κ2) is 5.00. The van der Waals surface area contributed by atoms with Crippen LogP contribution < -0.4 is 10.6 Å². The third-order valence-corrected chi connectivity index (χ3v) is 3.13. The molecule has 0 spiro atoms. The third-order valence-electron chi connectivity index (χ3n) is 3.13. The summed E-state index contributed by atoms with van der Waals surface area (Å²) in [5.41, 5.74) is 6.69. The van der Waals surface area contributed by atoms with Gasteiger partial charge in [-0.05, 0) is 20.8 Å². The van der Waals surface area contributed by atoms with E-state index in [1.165, 1.54) is 0 Å². The molecule has 0 amide bonds. The highest BCUT2D eigenvalue weighted by Crippen LogP contribution is 2.22. The van der Waals surface area contributed by atoms with E-state index >= 15 is 0 Å². The Morgan fingerprint density at radius 1 is 1.35 bits per heavy atom. The van der Waals surface area contributed by atoms with Crippen LogP contribution in [0.25, 0.3) is 0 Å². The highest BCUT2D eigenvalue weighted by Gasteiger charge is 2.23. The van der Waals surface area contributed by atoms with E-state index in [1.807, 2.05) is 20.0 Å². The van der Waals surface area contributed by atoms with E-state index in [1.54, 1.807) is 0 Å². The number of hydrogen-bond acceptors (Lipinski definition) is 4. The van der Waals surface area contributed by atoms with Gasteiger partial charge in [-0.25, -0.2) is 9.97 Å². The van der Waals surface area contributed by atoms with E-state index in [2.05, 4.69) is 42.6 Å². The van der Waals surface area contributed by atoms with Crippen molar-refractivity contribution >= 4 is 5.82 Å². The molecule has 4 nitrogen and oxygen atoms in total. The first-order chi connectivity index (χ1) is 7.77. The molecule has 0 unspecified atom stereocenters. The molecule has 0 aliphatic carbocycles. The molecule has 0 bridgehead atoms. The summed E-state index contributed by atoms with van der Waals surface area (Å²) in [6, 6.07) is 2.00. The topological polar surface area (TPSA) is 55.0 Å². The van der Waals surface area contributed by atoms with Gasteiger partial charge in [-0.2, -0.15) is 0 Å². The first-order valence-electron chi connectivity index (χ1n) is 6.07. The molecule has 1 aromatic heterocycles. The Hall–Kier alpha value is -1.16. The van der Waals surface area contributed by atoms with Crippen LogP contribution in [-0.2, 0) is 0 Å². The number of nitrogens with two attached hydrogens (primary N) is 1. The second-order valence-corrected chi connectivity index (χ2v) is 5.46. The zero-order valence-corrected chi connectivity index (χ0v) is 11.8. The summed E-state index contributed by atoms with van der Waals surface area (Å²) in [5, 5.41) is 0. The number of rotatable bonds is 4. The van der Waals surface area contributed by atoms with Crippen molar-refractivity contribution in [1.82, 2.24) is 9.97 Å². The van der Waals surface area contributed by atoms with Crippen molar-refractivity contribution in [3.05, 3.63) is 17.6 Å². The van der Waals surface area contributed by atoms with Gasteiger partial charge in [0.05, 0.1) is 0 Å². The molecule has 0 aliphatic rings. The average Bonchev–Trinajstić information content (AvgIpc) is 2.27. The first-order valence-corrected chi connectivity index (χ1v) is 6.07. The number of anilines is 1. The van der Waals surface area contributed by atoms with Crippen LogP contribution >= 0.6 is 0 Å². The highest BCUT2D eigenvalue weighted by atomic mass is 15.2. The number of hydrogen-bond donors (Lipinski definition) is 1. The molecule has 4 heteroatoms. The summed E-state index contributed by atoms with van der Waals surface area (Å²) in [6.45, 7) is 11.0. The predicted molar refractivity (Wildman–Crippen MR) is 72.4 cm³/mol. The Balaban J connectivity index is 3.14. The van der Waals surface area contributed by atoms with E-state index in [-0.39, 0.29) is 5.54 Å². The van der Waals surface area contributed by atoms with Crippen LogP contribution in [0.15, 0.2) is 6.07 Å². The predicted octanol–water partition coefficient (Wildman–Crippen LogP) is 2.08. The minimum absolute atomic E-state index is 0.102. The smallest absolute Gasteiger partial charge is 0.133 e. The summed E-state index contributed by atoms with van der Waals surface area (Å²) in [6.07, 6.45) is 0. The van der Waals surface area contributed by atoms with Crippen molar-refractivity contribution in [1.29, 1.82) is 0 Å². The molecular formula is C13H24N4. The Morgan fingerprint density at radius 2 is 1.94 bits per heavy atom. The van der Waals surface area contributed by atoms with E-state index in [0.29, 0.717) is 12.5 Å². The minimum Gasteiger partial charge on any atom is -0.353 e. The molecule has 17 heavy (non-hydrogen) atoms. The van der Waals surface area contributed by atoms with Gasteiger partial charge in [-0.1, -0.05) is 13.8 Å². The lowest BCUT2D eigenvalue weighted by Crippen LogP contribution is -2.47. The van der Waals surface area contributed by atoms with Gasteiger partial charge >= 0.3 is 0 Å². The van der Waals surface area contributed by atoms with E-state index in [0.717, 1.165) is 17.3 Å². The van der Waals surface area contributed by atoms with Gasteiger partial charge < -0.3 is 10.6 Å². The largest absolute Gasteiger partial charge is 0.353 e. The van der Waals surface area contributed by atoms with Crippen LogP contribution in [0, 0.1) is 6.92 Å². The summed E-state index contributed by atoms with van der Waals surface area (Å²) in [5.74, 6) is 2.17. The van der Waals surface area contributed by atoms with Crippen LogP contribution in [0.3, 0.4) is 0 Å². The number of nitrogens with zero attached hydrogens (tertiary/aromatic N) is 3. The zero-order chi connectivity index (χ0) is 13.2. The second-order valence-electron chi connectivity index (χ2n) is 5.46. The summed E-state index contributed by atoms with van der Waals surface area (Å²) in [4.78, 5) is 11.2. The third kappa shape index (κ3) is 3.16. The number of aromatic nitrogens is 2. The van der Waals surface area contributed by atoms with Gasteiger partial charge in [-0.3, -0.25) is 0 Å². The normalized spacial score (nSPS) is 12.0. The molecule has 0 aromatic carbocycles. The van der Waals surface area contributed by atoms with Gasteiger partial charge in [0.25, 0.3) is 0 Å². The van der Waals surface area contributed by atoms with Gasteiger partial charge in [0, 0.05) is 36.8 Å². The van der Waals surface area contributed by atoms with Gasteiger partial charge in [0.2, 0.25) is 0 Å². The van der Waals surface area contributed by atoms with Crippen molar-refractivity contribution < 1.29 is 0 Å². The quantitative estimate of drug-likeness (QED) is 0.869. The van der Waals surface area contributed by atoms with E-state index < -0.39 is 0 Å². The minimum atomic E-state index is -0.102. The van der Waals surface area contributed by atoms with Gasteiger partial charge in [0.1, 0.15) is 11.6 Å². The number of likely N-dealkylation sites (N-methyl/N-ethyl adjacent to an activating group) is 1. The van der Waals surface area contributed by atoms with Crippen molar-refractivity contribution in [2.75, 3.05) is 18.5 Å². The summed E-state index contributed by atoms with van der Waals surface area (Å²) in [7, 11) is 2.03. The van der Waals surface area contributed by atoms with Crippen LogP contribution in [0.5, 0.6) is 0 Å². The summed E-state index contributed by atoms with van der Waals surface area (Å²) >= 11 is 0. The molecule has 96 valence electrons. The fraction of sp³-hybridized carbons (Fsp3) is 0.692. The summed E-state index contributed by atoms with van der Waals surface area (Å²) < 4.78 is 0. The molecule has 2 N–H and O–H groups in total. The molecule has 0 fully saturated rings. The van der Waals surface area contributed by atoms with Crippen molar-refractivity contribution in [3.8, 4) is 0 Å². The fourth-order valence-corrected chi connectivity index (χ4v) is 1.45. The standard InChI is InChI=1S/C13H24N4/c1-9(2)12-15-10(3)7-11(16-12)17(6)13(4,5)8-14/h7,9H,8,14H2,1-6H3. The monoisotopic (exact) mass is 236 g/mol. The van der Waals surface area contributed by atoms with Gasteiger partial charge in [0.15, 0.2) is 0 Å². The van der Waals surface area contributed by atoms with Gasteiger partial charge in [-0.15, -0.1) is 0 Å². The van der Waals surface area contributed by atoms with Crippen molar-refractivity contribution in [3.63, 3.8) is 0 Å². The lowest BCUT2D eigenvalue weighted by molar-refractivity contribution is 0.493. The Bertz CT molecular complexity index is 385. The van der Waals surface area contributed by atoms with Crippen molar-refractivity contribution in [2.45, 2.75) is 46.1 Å².